The fourth-order valence-electron chi connectivity index (χ4n) is 3.22. The highest BCUT2D eigenvalue weighted by Gasteiger charge is 2.15. The number of amides is 2. The normalized spacial score (nSPS) is 13.8. The van der Waals surface area contributed by atoms with Crippen LogP contribution < -0.4 is 15.5 Å². The maximum Gasteiger partial charge on any atom is 0.323 e. The first-order valence-electron chi connectivity index (χ1n) is 8.78. The minimum absolute atomic E-state index is 0.302. The van der Waals surface area contributed by atoms with Crippen LogP contribution in [-0.4, -0.2) is 24.1 Å². The second-order valence-corrected chi connectivity index (χ2v) is 6.86. The number of carbonyl (C=O) groups is 1. The molecule has 1 aliphatic heterocycles. The van der Waals surface area contributed by atoms with E-state index >= 15 is 0 Å². The van der Waals surface area contributed by atoms with Crippen LogP contribution in [0.5, 0.6) is 0 Å². The van der Waals surface area contributed by atoms with Gasteiger partial charge in [-0.1, -0.05) is 23.7 Å². The number of urea groups is 1. The maximum atomic E-state index is 14.6. The van der Waals surface area contributed by atoms with E-state index in [0.717, 1.165) is 31.7 Å². The molecule has 0 atom stereocenters. The summed E-state index contributed by atoms with van der Waals surface area (Å²) in [7, 11) is 0. The Kier molecular flexibility index (Phi) is 4.81. The third-order valence-electron chi connectivity index (χ3n) is 4.54. The van der Waals surface area contributed by atoms with Crippen molar-refractivity contribution in [1.29, 1.82) is 0 Å². The molecular weight excluding hydrogens is 367 g/mol. The molecule has 4 rings (SSSR count). The summed E-state index contributed by atoms with van der Waals surface area (Å²) in [5, 5.41) is 6.34. The van der Waals surface area contributed by atoms with Crippen LogP contribution in [0.25, 0.3) is 10.9 Å². The van der Waals surface area contributed by atoms with E-state index in [1.165, 1.54) is 6.07 Å². The lowest BCUT2D eigenvalue weighted by molar-refractivity contribution is 0.262. The van der Waals surface area contributed by atoms with Gasteiger partial charge in [-0.2, -0.15) is 0 Å². The summed E-state index contributed by atoms with van der Waals surface area (Å²) < 4.78 is 14.6. The zero-order valence-corrected chi connectivity index (χ0v) is 15.3. The summed E-state index contributed by atoms with van der Waals surface area (Å²) in [6, 6.07) is 13.1. The Bertz CT molecular complexity index is 1000. The number of benzene rings is 2. The number of nitrogens with zero attached hydrogens (tertiary/aromatic N) is 2. The molecule has 1 saturated heterocycles. The smallest absolute Gasteiger partial charge is 0.323 e. The highest BCUT2D eigenvalue weighted by molar-refractivity contribution is 6.33. The van der Waals surface area contributed by atoms with Gasteiger partial charge >= 0.3 is 6.03 Å². The summed E-state index contributed by atoms with van der Waals surface area (Å²) in [5.74, 6) is 0.317. The van der Waals surface area contributed by atoms with Crippen LogP contribution in [0.2, 0.25) is 5.02 Å². The van der Waals surface area contributed by atoms with Crippen LogP contribution in [0, 0.1) is 5.82 Å². The number of rotatable bonds is 3. The van der Waals surface area contributed by atoms with Crippen molar-refractivity contribution in [2.24, 2.45) is 0 Å². The van der Waals surface area contributed by atoms with Gasteiger partial charge in [0.15, 0.2) is 5.82 Å². The molecule has 2 aromatic carbocycles. The first-order valence-corrected chi connectivity index (χ1v) is 9.16. The van der Waals surface area contributed by atoms with Crippen molar-refractivity contribution in [1.82, 2.24) is 4.98 Å². The van der Waals surface area contributed by atoms with Crippen molar-refractivity contribution >= 4 is 45.7 Å². The predicted molar refractivity (Wildman–Crippen MR) is 107 cm³/mol. The molecule has 2 heterocycles. The Labute approximate surface area is 161 Å². The van der Waals surface area contributed by atoms with E-state index in [4.69, 9.17) is 11.6 Å². The molecule has 27 heavy (non-hydrogen) atoms. The van der Waals surface area contributed by atoms with Crippen LogP contribution in [0.4, 0.5) is 26.4 Å². The number of hydrogen-bond acceptors (Lipinski definition) is 3. The molecule has 2 amide bonds. The number of hydrogen-bond donors (Lipinski definition) is 2. The minimum atomic E-state index is -0.497. The molecule has 7 heteroatoms. The molecule has 0 radical (unpaired) electrons. The van der Waals surface area contributed by atoms with Gasteiger partial charge in [0.25, 0.3) is 0 Å². The molecule has 3 aromatic rings. The standard InChI is InChI=1S/C20H18ClFN4O/c21-15-5-1-2-6-17(15)24-20(27)23-14-11-13-7-8-18(26-9-3-4-10-26)25-19(13)16(22)12-14/h1-2,5-8,11-12H,3-4,9-10H2,(H2,23,24,27). The lowest BCUT2D eigenvalue weighted by Crippen LogP contribution is -2.20. The maximum absolute atomic E-state index is 14.6. The molecule has 0 bridgehead atoms. The van der Waals surface area contributed by atoms with E-state index in [9.17, 15) is 9.18 Å². The van der Waals surface area contributed by atoms with Crippen molar-refractivity contribution in [3.05, 3.63) is 59.4 Å². The molecule has 138 valence electrons. The van der Waals surface area contributed by atoms with Crippen molar-refractivity contribution in [3.8, 4) is 0 Å². The van der Waals surface area contributed by atoms with Crippen LogP contribution in [0.15, 0.2) is 48.5 Å². The lowest BCUT2D eigenvalue weighted by Gasteiger charge is -2.17. The first-order chi connectivity index (χ1) is 13.1. The van der Waals surface area contributed by atoms with E-state index in [-0.39, 0.29) is 0 Å². The van der Waals surface area contributed by atoms with Gasteiger partial charge in [0.05, 0.1) is 10.7 Å². The molecule has 0 saturated carbocycles. The summed E-state index contributed by atoms with van der Waals surface area (Å²) in [6.07, 6.45) is 2.26. The van der Waals surface area contributed by atoms with Gasteiger partial charge < -0.3 is 15.5 Å². The van der Waals surface area contributed by atoms with Gasteiger partial charge in [0.2, 0.25) is 0 Å². The third-order valence-corrected chi connectivity index (χ3v) is 4.87. The zero-order valence-electron chi connectivity index (χ0n) is 14.5. The number of nitrogens with one attached hydrogen (secondary N) is 2. The average molecular weight is 385 g/mol. The zero-order chi connectivity index (χ0) is 18.8. The molecule has 5 nitrogen and oxygen atoms in total. The molecule has 1 aromatic heterocycles. The van der Waals surface area contributed by atoms with Crippen LogP contribution in [0.1, 0.15) is 12.8 Å². The molecule has 0 aliphatic carbocycles. The van der Waals surface area contributed by atoms with Gasteiger partial charge in [-0.05, 0) is 49.2 Å². The lowest BCUT2D eigenvalue weighted by atomic mass is 10.2. The highest BCUT2D eigenvalue weighted by atomic mass is 35.5. The van der Waals surface area contributed by atoms with E-state index in [1.807, 2.05) is 12.1 Å². The monoisotopic (exact) mass is 384 g/mol. The SMILES string of the molecule is O=C(Nc1cc(F)c2nc(N3CCCC3)ccc2c1)Nc1ccccc1Cl. The second kappa shape index (κ2) is 7.40. The van der Waals surface area contributed by atoms with Gasteiger partial charge in [0.1, 0.15) is 11.3 Å². The van der Waals surface area contributed by atoms with Gasteiger partial charge in [-0.15, -0.1) is 0 Å². The van der Waals surface area contributed by atoms with Gasteiger partial charge in [-0.25, -0.2) is 14.2 Å². The largest absolute Gasteiger partial charge is 0.357 e. The molecule has 0 unspecified atom stereocenters. The minimum Gasteiger partial charge on any atom is -0.357 e. The summed E-state index contributed by atoms with van der Waals surface area (Å²) >= 11 is 6.03. The number of aromatic nitrogens is 1. The quantitative estimate of drug-likeness (QED) is 0.646. The summed E-state index contributed by atoms with van der Waals surface area (Å²) in [4.78, 5) is 18.8. The number of fused-ring (bicyclic) bond motifs is 1. The fourth-order valence-corrected chi connectivity index (χ4v) is 3.41. The Hall–Kier alpha value is -2.86. The Morgan fingerprint density at radius 2 is 1.85 bits per heavy atom. The van der Waals surface area contributed by atoms with Gasteiger partial charge in [0, 0.05) is 24.2 Å². The van der Waals surface area contributed by atoms with E-state index in [2.05, 4.69) is 20.5 Å². The Morgan fingerprint density at radius 1 is 1.07 bits per heavy atom. The van der Waals surface area contributed by atoms with E-state index in [1.54, 1.807) is 30.3 Å². The highest BCUT2D eigenvalue weighted by Crippen LogP contribution is 2.26. The predicted octanol–water partition coefficient (Wildman–Crippen LogP) is 5.27. The fraction of sp³-hybridized carbons (Fsp3) is 0.200. The van der Waals surface area contributed by atoms with E-state index < -0.39 is 11.8 Å². The van der Waals surface area contributed by atoms with Crippen molar-refractivity contribution in [3.63, 3.8) is 0 Å². The summed E-state index contributed by atoms with van der Waals surface area (Å²) in [6.45, 7) is 1.89. The van der Waals surface area contributed by atoms with Crippen molar-refractivity contribution in [2.75, 3.05) is 28.6 Å². The molecule has 0 spiro atoms. The first kappa shape index (κ1) is 17.5. The van der Waals surface area contributed by atoms with Crippen LogP contribution in [0.3, 0.4) is 0 Å². The molecule has 1 fully saturated rings. The van der Waals surface area contributed by atoms with Crippen molar-refractivity contribution in [2.45, 2.75) is 12.8 Å². The van der Waals surface area contributed by atoms with Gasteiger partial charge in [-0.3, -0.25) is 0 Å². The van der Waals surface area contributed by atoms with Crippen molar-refractivity contribution < 1.29 is 9.18 Å². The van der Waals surface area contributed by atoms with Crippen LogP contribution >= 0.6 is 11.6 Å². The number of anilines is 3. The molecule has 2 N–H and O–H groups in total. The number of halogens is 2. The Balaban J connectivity index is 1.55. The summed E-state index contributed by atoms with van der Waals surface area (Å²) in [5.41, 5.74) is 1.13. The number of pyridine rings is 1. The number of para-hydroxylation sites is 1. The molecule has 1 aliphatic rings. The Morgan fingerprint density at radius 3 is 2.63 bits per heavy atom. The second-order valence-electron chi connectivity index (χ2n) is 6.45. The van der Waals surface area contributed by atoms with E-state index in [0.29, 0.717) is 27.3 Å². The number of carbonyl (C=O) groups excluding carboxylic acids is 1. The molecular formula is C20H18ClFN4O. The van der Waals surface area contributed by atoms with Crippen LogP contribution in [-0.2, 0) is 0 Å². The average Bonchev–Trinajstić information content (AvgIpc) is 3.18. The third kappa shape index (κ3) is 3.80. The topological polar surface area (TPSA) is 57.3 Å².